The van der Waals surface area contributed by atoms with Gasteiger partial charge in [0.2, 0.25) is 0 Å². The van der Waals surface area contributed by atoms with Crippen LogP contribution in [-0.2, 0) is 4.74 Å². The van der Waals surface area contributed by atoms with E-state index in [0.717, 1.165) is 19.4 Å². The maximum Gasteiger partial charge on any atom is 0.147 e. The molecule has 1 unspecified atom stereocenters. The van der Waals surface area contributed by atoms with E-state index in [1.165, 1.54) is 0 Å². The maximum atomic E-state index is 6.01. The van der Waals surface area contributed by atoms with Gasteiger partial charge < -0.3 is 15.8 Å². The first-order chi connectivity index (χ1) is 7.66. The van der Waals surface area contributed by atoms with Crippen LogP contribution in [0.3, 0.4) is 0 Å². The fraction of sp³-hybridized carbons (Fsp3) is 0.500. The Bertz CT molecular complexity index is 381. The zero-order valence-electron chi connectivity index (χ0n) is 8.67. The first-order valence-electron chi connectivity index (χ1n) is 5.12. The Morgan fingerprint density at radius 1 is 1.44 bits per heavy atom. The van der Waals surface area contributed by atoms with Crippen molar-refractivity contribution in [2.24, 2.45) is 0 Å². The minimum Gasteiger partial charge on any atom is -0.382 e. The van der Waals surface area contributed by atoms with Crippen LogP contribution >= 0.6 is 23.2 Å². The Labute approximate surface area is 104 Å². The summed E-state index contributed by atoms with van der Waals surface area (Å²) in [4.78, 5) is 4.11. The molecule has 2 heterocycles. The SMILES string of the molecule is Nc1nc(NC2CCCOC2)c(Cl)cc1Cl. The second-order valence-corrected chi connectivity index (χ2v) is 4.56. The number of nitrogens with one attached hydrogen (secondary N) is 1. The summed E-state index contributed by atoms with van der Waals surface area (Å²) in [6, 6.07) is 1.83. The number of anilines is 2. The third kappa shape index (κ3) is 2.70. The molecule has 0 spiro atoms. The third-order valence-electron chi connectivity index (χ3n) is 2.46. The fourth-order valence-electron chi connectivity index (χ4n) is 1.63. The van der Waals surface area contributed by atoms with Crippen molar-refractivity contribution in [1.29, 1.82) is 0 Å². The highest BCUT2D eigenvalue weighted by atomic mass is 35.5. The van der Waals surface area contributed by atoms with E-state index in [-0.39, 0.29) is 11.9 Å². The van der Waals surface area contributed by atoms with Crippen molar-refractivity contribution in [2.75, 3.05) is 24.3 Å². The molecule has 0 amide bonds. The van der Waals surface area contributed by atoms with Gasteiger partial charge in [0.15, 0.2) is 0 Å². The number of pyridine rings is 1. The molecule has 4 nitrogen and oxygen atoms in total. The van der Waals surface area contributed by atoms with Crippen molar-refractivity contribution in [2.45, 2.75) is 18.9 Å². The highest BCUT2D eigenvalue weighted by Crippen LogP contribution is 2.28. The first-order valence-corrected chi connectivity index (χ1v) is 5.88. The molecule has 0 bridgehead atoms. The lowest BCUT2D eigenvalue weighted by atomic mass is 10.1. The van der Waals surface area contributed by atoms with Crippen LogP contribution in [0.25, 0.3) is 0 Å². The molecule has 0 aromatic carbocycles. The lowest BCUT2D eigenvalue weighted by Gasteiger charge is -2.24. The molecule has 1 atom stereocenters. The summed E-state index contributed by atoms with van der Waals surface area (Å²) < 4.78 is 5.36. The van der Waals surface area contributed by atoms with Gasteiger partial charge in [-0.3, -0.25) is 0 Å². The smallest absolute Gasteiger partial charge is 0.147 e. The lowest BCUT2D eigenvalue weighted by molar-refractivity contribution is 0.0875. The van der Waals surface area contributed by atoms with Gasteiger partial charge in [-0.25, -0.2) is 4.98 Å². The summed E-state index contributed by atoms with van der Waals surface area (Å²) in [5.41, 5.74) is 5.62. The van der Waals surface area contributed by atoms with Crippen LogP contribution in [0, 0.1) is 0 Å². The molecule has 3 N–H and O–H groups in total. The molecule has 0 saturated carbocycles. The average molecular weight is 262 g/mol. The fourth-order valence-corrected chi connectivity index (χ4v) is 2.04. The summed E-state index contributed by atoms with van der Waals surface area (Å²) in [7, 11) is 0. The van der Waals surface area contributed by atoms with Gasteiger partial charge in [0.05, 0.1) is 22.7 Å². The molecule has 1 fully saturated rings. The Kier molecular flexibility index (Phi) is 3.74. The summed E-state index contributed by atoms with van der Waals surface area (Å²) in [6.45, 7) is 1.49. The predicted molar refractivity (Wildman–Crippen MR) is 66.1 cm³/mol. The number of nitrogen functional groups attached to an aromatic ring is 1. The maximum absolute atomic E-state index is 6.01. The van der Waals surface area contributed by atoms with Gasteiger partial charge in [-0.15, -0.1) is 0 Å². The second kappa shape index (κ2) is 5.08. The Morgan fingerprint density at radius 2 is 2.25 bits per heavy atom. The van der Waals surface area contributed by atoms with Crippen molar-refractivity contribution in [3.63, 3.8) is 0 Å². The van der Waals surface area contributed by atoms with E-state index in [1.807, 2.05) is 0 Å². The monoisotopic (exact) mass is 261 g/mol. The molecular formula is C10H13Cl2N3O. The van der Waals surface area contributed by atoms with E-state index in [2.05, 4.69) is 10.3 Å². The molecule has 1 aromatic heterocycles. The van der Waals surface area contributed by atoms with Gasteiger partial charge in [0, 0.05) is 6.61 Å². The third-order valence-corrected chi connectivity index (χ3v) is 3.05. The summed E-state index contributed by atoms with van der Waals surface area (Å²) in [5, 5.41) is 4.06. The number of hydrogen-bond donors (Lipinski definition) is 2. The number of rotatable bonds is 2. The molecular weight excluding hydrogens is 249 g/mol. The van der Waals surface area contributed by atoms with Crippen LogP contribution in [0.4, 0.5) is 11.6 Å². The number of nitrogens with two attached hydrogens (primary N) is 1. The van der Waals surface area contributed by atoms with E-state index >= 15 is 0 Å². The lowest BCUT2D eigenvalue weighted by Crippen LogP contribution is -2.30. The number of hydrogen-bond acceptors (Lipinski definition) is 4. The molecule has 6 heteroatoms. The summed E-state index contributed by atoms with van der Waals surface area (Å²) >= 11 is 11.8. The molecule has 1 aliphatic rings. The van der Waals surface area contributed by atoms with Crippen molar-refractivity contribution in [3.05, 3.63) is 16.1 Å². The van der Waals surface area contributed by atoms with Crippen LogP contribution in [0.15, 0.2) is 6.07 Å². The van der Waals surface area contributed by atoms with Gasteiger partial charge in [0.25, 0.3) is 0 Å². The van der Waals surface area contributed by atoms with Crippen molar-refractivity contribution in [1.82, 2.24) is 4.98 Å². The van der Waals surface area contributed by atoms with E-state index < -0.39 is 0 Å². The minimum atomic E-state index is 0.235. The van der Waals surface area contributed by atoms with Crippen molar-refractivity contribution < 1.29 is 4.74 Å². The molecule has 1 aliphatic heterocycles. The van der Waals surface area contributed by atoms with Crippen LogP contribution < -0.4 is 11.1 Å². The average Bonchev–Trinajstić information content (AvgIpc) is 2.27. The number of nitrogens with zero attached hydrogens (tertiary/aromatic N) is 1. The quantitative estimate of drug-likeness (QED) is 0.859. The topological polar surface area (TPSA) is 60.2 Å². The largest absolute Gasteiger partial charge is 0.382 e. The highest BCUT2D eigenvalue weighted by Gasteiger charge is 2.16. The molecule has 0 radical (unpaired) electrons. The second-order valence-electron chi connectivity index (χ2n) is 3.74. The van der Waals surface area contributed by atoms with Gasteiger partial charge in [0.1, 0.15) is 11.6 Å². The molecule has 1 saturated heterocycles. The highest BCUT2D eigenvalue weighted by molar-refractivity contribution is 6.37. The molecule has 88 valence electrons. The molecule has 1 aromatic rings. The van der Waals surface area contributed by atoms with E-state index in [1.54, 1.807) is 6.07 Å². The zero-order valence-corrected chi connectivity index (χ0v) is 10.2. The van der Waals surface area contributed by atoms with Crippen LogP contribution in [0.5, 0.6) is 0 Å². The van der Waals surface area contributed by atoms with Crippen molar-refractivity contribution >= 4 is 34.8 Å². The summed E-state index contributed by atoms with van der Waals surface area (Å²) in [5.74, 6) is 0.851. The van der Waals surface area contributed by atoms with Gasteiger partial charge in [-0.2, -0.15) is 0 Å². The first kappa shape index (κ1) is 11.8. The number of ether oxygens (including phenoxy) is 1. The molecule has 0 aliphatic carbocycles. The predicted octanol–water partition coefficient (Wildman–Crippen LogP) is 2.56. The Morgan fingerprint density at radius 3 is 2.94 bits per heavy atom. The minimum absolute atomic E-state index is 0.235. The van der Waals surface area contributed by atoms with Gasteiger partial charge in [-0.1, -0.05) is 23.2 Å². The Hall–Kier alpha value is -0.710. The van der Waals surface area contributed by atoms with E-state index in [0.29, 0.717) is 22.5 Å². The van der Waals surface area contributed by atoms with Crippen LogP contribution in [0.2, 0.25) is 10.0 Å². The standard InChI is InChI=1S/C10H13Cl2N3O/c11-7-4-8(12)10(15-9(7)13)14-6-2-1-3-16-5-6/h4,6H,1-3,5H2,(H3,13,14,15). The molecule has 2 rings (SSSR count). The zero-order chi connectivity index (χ0) is 11.5. The number of aromatic nitrogens is 1. The Balaban J connectivity index is 2.11. The molecule has 16 heavy (non-hydrogen) atoms. The normalized spacial score (nSPS) is 20.8. The van der Waals surface area contributed by atoms with Crippen LogP contribution in [0.1, 0.15) is 12.8 Å². The van der Waals surface area contributed by atoms with E-state index in [9.17, 15) is 0 Å². The summed E-state index contributed by atoms with van der Waals surface area (Å²) in [6.07, 6.45) is 2.08. The van der Waals surface area contributed by atoms with Crippen molar-refractivity contribution in [3.8, 4) is 0 Å². The number of halogens is 2. The van der Waals surface area contributed by atoms with Gasteiger partial charge >= 0.3 is 0 Å². The van der Waals surface area contributed by atoms with Gasteiger partial charge in [-0.05, 0) is 18.9 Å². The van der Waals surface area contributed by atoms with Crippen LogP contribution in [-0.4, -0.2) is 24.2 Å². The van der Waals surface area contributed by atoms with E-state index in [4.69, 9.17) is 33.7 Å².